The third-order valence-corrected chi connectivity index (χ3v) is 2.02. The first kappa shape index (κ1) is 11.2. The number of H-pyrrole nitrogens is 1. The monoisotopic (exact) mass is 212 g/mol. The van der Waals surface area contributed by atoms with Crippen molar-refractivity contribution in [1.29, 1.82) is 0 Å². The zero-order chi connectivity index (χ0) is 11.8. The van der Waals surface area contributed by atoms with Gasteiger partial charge in [0.1, 0.15) is 5.69 Å². The van der Waals surface area contributed by atoms with Gasteiger partial charge in [-0.2, -0.15) is 0 Å². The number of hydrogen-bond donors (Lipinski definition) is 2. The van der Waals surface area contributed by atoms with Crippen molar-refractivity contribution in [2.24, 2.45) is 0 Å². The Morgan fingerprint density at radius 3 is 2.33 bits per heavy atom. The predicted molar refractivity (Wildman–Crippen MR) is 53.1 cm³/mol. The van der Waals surface area contributed by atoms with E-state index in [1.165, 1.54) is 6.07 Å². The normalized spacial score (nSPS) is 11.4. The minimum absolute atomic E-state index is 0.301. The van der Waals surface area contributed by atoms with Crippen LogP contribution in [0.5, 0.6) is 0 Å². The molecule has 15 heavy (non-hydrogen) atoms. The summed E-state index contributed by atoms with van der Waals surface area (Å²) in [4.78, 5) is 23.1. The molecule has 0 unspecified atom stereocenters. The zero-order valence-electron chi connectivity index (χ0n) is 8.70. The van der Waals surface area contributed by atoms with Gasteiger partial charge in [0.2, 0.25) is 0 Å². The van der Waals surface area contributed by atoms with Crippen molar-refractivity contribution in [2.45, 2.75) is 26.2 Å². The van der Waals surface area contributed by atoms with Crippen molar-refractivity contribution in [3.63, 3.8) is 0 Å². The Hall–Kier alpha value is -1.85. The number of aromatic carboxylic acids is 1. The van der Waals surface area contributed by atoms with E-state index in [0.717, 1.165) is 0 Å². The Bertz CT molecular complexity index is 383. The van der Waals surface area contributed by atoms with Crippen LogP contribution < -0.4 is 0 Å². The van der Waals surface area contributed by atoms with Crippen molar-refractivity contribution in [1.82, 2.24) is 4.98 Å². The second-order valence-electron chi connectivity index (χ2n) is 4.26. The van der Waals surface area contributed by atoms with Gasteiger partial charge in [0.25, 0.3) is 0 Å². The van der Waals surface area contributed by atoms with Crippen LogP contribution >= 0.6 is 0 Å². The Morgan fingerprint density at radius 1 is 1.53 bits per heavy atom. The standard InChI is InChI=1S/C9H12N2O4/c1-9(2,3)6-4-5(8(12)13)7(10-6)11(14)15/h4,10H,1-3H3,(H,12,13). The number of carbonyl (C=O) groups is 1. The van der Waals surface area contributed by atoms with Gasteiger partial charge in [-0.25, -0.2) is 9.78 Å². The number of aromatic nitrogens is 1. The molecule has 0 aromatic carbocycles. The van der Waals surface area contributed by atoms with Crippen LogP contribution in [-0.4, -0.2) is 21.0 Å². The predicted octanol–water partition coefficient (Wildman–Crippen LogP) is 1.92. The Kier molecular flexibility index (Phi) is 2.53. The first-order valence-corrected chi connectivity index (χ1v) is 4.34. The summed E-state index contributed by atoms with van der Waals surface area (Å²) in [6, 6.07) is 1.31. The smallest absolute Gasteiger partial charge is 0.344 e. The highest BCUT2D eigenvalue weighted by molar-refractivity contribution is 5.92. The molecule has 0 saturated carbocycles. The largest absolute Gasteiger partial charge is 0.477 e. The van der Waals surface area contributed by atoms with Crippen molar-refractivity contribution in [3.05, 3.63) is 27.4 Å². The number of carboxylic acids is 1. The number of nitrogens with one attached hydrogen (secondary N) is 1. The highest BCUT2D eigenvalue weighted by Gasteiger charge is 2.28. The third kappa shape index (κ3) is 2.15. The van der Waals surface area contributed by atoms with Gasteiger partial charge in [0, 0.05) is 11.5 Å². The van der Waals surface area contributed by atoms with E-state index in [2.05, 4.69) is 4.98 Å². The lowest BCUT2D eigenvalue weighted by Gasteiger charge is -2.12. The summed E-state index contributed by atoms with van der Waals surface area (Å²) in [6.07, 6.45) is 0. The topological polar surface area (TPSA) is 96.2 Å². The molecule has 0 fully saturated rings. The minimum atomic E-state index is -1.30. The maximum absolute atomic E-state index is 10.7. The van der Waals surface area contributed by atoms with Crippen molar-refractivity contribution in [2.75, 3.05) is 0 Å². The highest BCUT2D eigenvalue weighted by atomic mass is 16.6. The Morgan fingerprint density at radius 2 is 2.07 bits per heavy atom. The maximum atomic E-state index is 10.7. The molecule has 0 amide bonds. The second-order valence-corrected chi connectivity index (χ2v) is 4.26. The van der Waals surface area contributed by atoms with Crippen LogP contribution in [0, 0.1) is 10.1 Å². The van der Waals surface area contributed by atoms with Crippen LogP contribution in [0.15, 0.2) is 6.07 Å². The molecule has 0 aliphatic rings. The first-order chi connectivity index (χ1) is 6.73. The van der Waals surface area contributed by atoms with E-state index in [1.807, 2.05) is 20.8 Å². The fraction of sp³-hybridized carbons (Fsp3) is 0.444. The molecule has 0 spiro atoms. The quantitative estimate of drug-likeness (QED) is 0.578. The van der Waals surface area contributed by atoms with Gasteiger partial charge in [-0.15, -0.1) is 0 Å². The molecule has 0 radical (unpaired) electrons. The van der Waals surface area contributed by atoms with E-state index in [4.69, 9.17) is 5.11 Å². The fourth-order valence-electron chi connectivity index (χ4n) is 1.15. The van der Waals surface area contributed by atoms with Gasteiger partial charge in [-0.1, -0.05) is 20.8 Å². The van der Waals surface area contributed by atoms with Crippen LogP contribution in [0.4, 0.5) is 5.82 Å². The Balaban J connectivity index is 3.34. The highest BCUT2D eigenvalue weighted by Crippen LogP contribution is 2.27. The maximum Gasteiger partial charge on any atom is 0.344 e. The molecule has 0 bridgehead atoms. The van der Waals surface area contributed by atoms with Crippen LogP contribution in [-0.2, 0) is 5.41 Å². The molecule has 1 aromatic rings. The lowest BCUT2D eigenvalue weighted by molar-refractivity contribution is -0.389. The summed E-state index contributed by atoms with van der Waals surface area (Å²) >= 11 is 0. The second kappa shape index (κ2) is 3.38. The number of aromatic amines is 1. The summed E-state index contributed by atoms with van der Waals surface area (Å²) in [5.41, 5.74) is -0.116. The van der Waals surface area contributed by atoms with Crippen molar-refractivity contribution < 1.29 is 14.8 Å². The van der Waals surface area contributed by atoms with E-state index in [-0.39, 0.29) is 11.0 Å². The lowest BCUT2D eigenvalue weighted by Crippen LogP contribution is -2.11. The summed E-state index contributed by atoms with van der Waals surface area (Å²) in [5, 5.41) is 19.3. The van der Waals surface area contributed by atoms with Gasteiger partial charge in [-0.3, -0.25) is 0 Å². The number of nitrogens with zero attached hydrogens (tertiary/aromatic N) is 1. The van der Waals surface area contributed by atoms with Crippen molar-refractivity contribution >= 4 is 11.8 Å². The van der Waals surface area contributed by atoms with Crippen LogP contribution in [0.3, 0.4) is 0 Å². The molecule has 6 nitrogen and oxygen atoms in total. The summed E-state index contributed by atoms with van der Waals surface area (Å²) in [7, 11) is 0. The molecule has 2 N–H and O–H groups in total. The van der Waals surface area contributed by atoms with E-state index < -0.39 is 16.7 Å². The van der Waals surface area contributed by atoms with Gasteiger partial charge < -0.3 is 15.2 Å². The summed E-state index contributed by atoms with van der Waals surface area (Å²) < 4.78 is 0. The average Bonchev–Trinajstić information content (AvgIpc) is 2.45. The summed E-state index contributed by atoms with van der Waals surface area (Å²) in [5.74, 6) is -1.76. The van der Waals surface area contributed by atoms with Crippen LogP contribution in [0.1, 0.15) is 36.8 Å². The number of nitro groups is 1. The van der Waals surface area contributed by atoms with Crippen LogP contribution in [0.2, 0.25) is 0 Å². The van der Waals surface area contributed by atoms with Gasteiger partial charge in [-0.05, 0) is 4.92 Å². The molecule has 1 aromatic heterocycles. The summed E-state index contributed by atoms with van der Waals surface area (Å²) in [6.45, 7) is 5.52. The van der Waals surface area contributed by atoms with Crippen molar-refractivity contribution in [3.8, 4) is 0 Å². The molecule has 1 heterocycles. The molecular weight excluding hydrogens is 200 g/mol. The van der Waals surface area contributed by atoms with Crippen LogP contribution in [0.25, 0.3) is 0 Å². The molecule has 1 rings (SSSR count). The third-order valence-electron chi connectivity index (χ3n) is 2.02. The molecule has 0 saturated heterocycles. The number of carboxylic acid groups (broad SMARTS) is 1. The van der Waals surface area contributed by atoms with Gasteiger partial charge in [0.15, 0.2) is 5.56 Å². The molecular formula is C9H12N2O4. The molecule has 6 heteroatoms. The lowest BCUT2D eigenvalue weighted by atomic mass is 9.92. The molecule has 0 aliphatic carbocycles. The number of rotatable bonds is 2. The first-order valence-electron chi connectivity index (χ1n) is 4.34. The van der Waals surface area contributed by atoms with E-state index in [9.17, 15) is 14.9 Å². The average molecular weight is 212 g/mol. The minimum Gasteiger partial charge on any atom is -0.477 e. The van der Waals surface area contributed by atoms with E-state index >= 15 is 0 Å². The van der Waals surface area contributed by atoms with E-state index in [1.54, 1.807) is 0 Å². The van der Waals surface area contributed by atoms with Gasteiger partial charge >= 0.3 is 11.8 Å². The fourth-order valence-corrected chi connectivity index (χ4v) is 1.15. The molecule has 0 atom stereocenters. The SMILES string of the molecule is CC(C)(C)c1cc(C(=O)O)c([N+](=O)[O-])[nH]1. The van der Waals surface area contributed by atoms with Gasteiger partial charge in [0.05, 0.1) is 0 Å². The number of hydrogen-bond acceptors (Lipinski definition) is 3. The zero-order valence-corrected chi connectivity index (χ0v) is 8.70. The van der Waals surface area contributed by atoms with E-state index in [0.29, 0.717) is 5.69 Å². The Labute approximate surface area is 86.1 Å². The molecule has 0 aliphatic heterocycles. The molecule has 82 valence electrons.